The van der Waals surface area contributed by atoms with Crippen molar-refractivity contribution in [2.45, 2.75) is 25.3 Å². The van der Waals surface area contributed by atoms with Gasteiger partial charge in [-0.05, 0) is 31.4 Å². The molecule has 1 fully saturated rings. The van der Waals surface area contributed by atoms with Crippen LogP contribution in [0, 0.1) is 0 Å². The zero-order valence-corrected chi connectivity index (χ0v) is 9.73. The Morgan fingerprint density at radius 2 is 2.25 bits per heavy atom. The van der Waals surface area contributed by atoms with Crippen molar-refractivity contribution in [1.29, 1.82) is 0 Å². The molecule has 0 bridgehead atoms. The molecule has 0 saturated heterocycles. The minimum Gasteiger partial charge on any atom is -0.382 e. The number of carbonyl (C=O) groups is 1. The third kappa shape index (κ3) is 2.32. The second kappa shape index (κ2) is 4.51. The monoisotopic (exact) mass is 219 g/mol. The molecular formula is C12H17N3O. The fourth-order valence-corrected chi connectivity index (χ4v) is 1.65. The highest BCUT2D eigenvalue weighted by Crippen LogP contribution is 2.23. The van der Waals surface area contributed by atoms with Crippen molar-refractivity contribution in [1.82, 2.24) is 9.88 Å². The van der Waals surface area contributed by atoms with Crippen LogP contribution >= 0.6 is 0 Å². The zero-order chi connectivity index (χ0) is 11.5. The maximum absolute atomic E-state index is 11.7. The van der Waals surface area contributed by atoms with E-state index in [1.54, 1.807) is 20.3 Å². The number of pyridine rings is 1. The van der Waals surface area contributed by atoms with Crippen LogP contribution in [0.5, 0.6) is 0 Å². The Kier molecular flexibility index (Phi) is 3.08. The third-order valence-corrected chi connectivity index (χ3v) is 2.86. The Bertz CT molecular complexity index is 386. The second-order valence-corrected chi connectivity index (χ2v) is 4.40. The molecule has 16 heavy (non-hydrogen) atoms. The molecule has 86 valence electrons. The van der Waals surface area contributed by atoms with Crippen molar-refractivity contribution in [3.05, 3.63) is 24.0 Å². The Labute approximate surface area is 95.7 Å². The van der Waals surface area contributed by atoms with Crippen molar-refractivity contribution >= 4 is 11.6 Å². The number of aromatic nitrogens is 1. The van der Waals surface area contributed by atoms with Gasteiger partial charge in [-0.2, -0.15) is 0 Å². The van der Waals surface area contributed by atoms with Crippen LogP contribution in [0.4, 0.5) is 5.69 Å². The first kappa shape index (κ1) is 10.9. The van der Waals surface area contributed by atoms with Gasteiger partial charge in [0.2, 0.25) is 0 Å². The van der Waals surface area contributed by atoms with E-state index in [2.05, 4.69) is 10.3 Å². The Morgan fingerprint density at radius 1 is 1.50 bits per heavy atom. The average Bonchev–Trinajstić information content (AvgIpc) is 2.23. The Balaban J connectivity index is 2.09. The molecule has 1 amide bonds. The molecule has 4 nitrogen and oxygen atoms in total. The van der Waals surface area contributed by atoms with E-state index < -0.39 is 0 Å². The lowest BCUT2D eigenvalue weighted by Crippen LogP contribution is -2.27. The van der Waals surface area contributed by atoms with Crippen LogP contribution in [0.2, 0.25) is 0 Å². The molecule has 1 saturated carbocycles. The van der Waals surface area contributed by atoms with Crippen molar-refractivity contribution in [3.8, 4) is 0 Å². The molecule has 1 aliphatic carbocycles. The smallest absolute Gasteiger partial charge is 0.272 e. The van der Waals surface area contributed by atoms with Gasteiger partial charge in [-0.15, -0.1) is 0 Å². The van der Waals surface area contributed by atoms with Crippen molar-refractivity contribution in [2.75, 3.05) is 19.4 Å². The first-order valence-corrected chi connectivity index (χ1v) is 5.61. The predicted molar refractivity (Wildman–Crippen MR) is 63.5 cm³/mol. The van der Waals surface area contributed by atoms with Gasteiger partial charge >= 0.3 is 0 Å². The molecule has 1 aromatic heterocycles. The van der Waals surface area contributed by atoms with Gasteiger partial charge in [-0.1, -0.05) is 0 Å². The van der Waals surface area contributed by atoms with Crippen molar-refractivity contribution in [3.63, 3.8) is 0 Å². The maximum atomic E-state index is 11.7. The van der Waals surface area contributed by atoms with Gasteiger partial charge in [0.05, 0.1) is 0 Å². The molecule has 1 aromatic rings. The van der Waals surface area contributed by atoms with Crippen LogP contribution in [0.1, 0.15) is 29.8 Å². The molecule has 0 spiro atoms. The Morgan fingerprint density at radius 3 is 2.81 bits per heavy atom. The zero-order valence-electron chi connectivity index (χ0n) is 9.73. The highest BCUT2D eigenvalue weighted by Gasteiger charge is 2.17. The van der Waals surface area contributed by atoms with E-state index in [9.17, 15) is 4.79 Å². The van der Waals surface area contributed by atoms with E-state index in [0.29, 0.717) is 11.7 Å². The second-order valence-electron chi connectivity index (χ2n) is 4.40. The summed E-state index contributed by atoms with van der Waals surface area (Å²) in [5, 5.41) is 3.40. The molecule has 0 aromatic carbocycles. The summed E-state index contributed by atoms with van der Waals surface area (Å²) in [6, 6.07) is 4.30. The Hall–Kier alpha value is -1.58. The van der Waals surface area contributed by atoms with Crippen LogP contribution < -0.4 is 5.32 Å². The van der Waals surface area contributed by atoms with Crippen molar-refractivity contribution in [2.24, 2.45) is 0 Å². The minimum absolute atomic E-state index is 0.0581. The average molecular weight is 219 g/mol. The number of nitrogens with zero attached hydrogens (tertiary/aromatic N) is 2. The SMILES string of the molecule is CN(C)C(=O)c1cc(NC2CCC2)ccn1. The fourth-order valence-electron chi connectivity index (χ4n) is 1.65. The lowest BCUT2D eigenvalue weighted by molar-refractivity contribution is 0.0822. The normalized spacial score (nSPS) is 15.4. The molecular weight excluding hydrogens is 202 g/mol. The van der Waals surface area contributed by atoms with Crippen LogP contribution in [-0.2, 0) is 0 Å². The molecule has 1 aliphatic rings. The van der Waals surface area contributed by atoms with Crippen LogP contribution in [0.3, 0.4) is 0 Å². The predicted octanol–water partition coefficient (Wildman–Crippen LogP) is 1.75. The van der Waals surface area contributed by atoms with Crippen LogP contribution in [0.15, 0.2) is 18.3 Å². The number of carbonyl (C=O) groups excluding carboxylic acids is 1. The van der Waals surface area contributed by atoms with Gasteiger partial charge in [-0.25, -0.2) is 0 Å². The largest absolute Gasteiger partial charge is 0.382 e. The number of rotatable bonds is 3. The molecule has 0 atom stereocenters. The highest BCUT2D eigenvalue weighted by atomic mass is 16.2. The van der Waals surface area contributed by atoms with Gasteiger partial charge in [0.25, 0.3) is 5.91 Å². The van der Waals surface area contributed by atoms with E-state index in [0.717, 1.165) is 5.69 Å². The molecule has 0 aliphatic heterocycles. The quantitative estimate of drug-likeness (QED) is 0.842. The van der Waals surface area contributed by atoms with Gasteiger partial charge in [-0.3, -0.25) is 9.78 Å². The summed E-state index contributed by atoms with van der Waals surface area (Å²) < 4.78 is 0. The van der Waals surface area contributed by atoms with Gasteiger partial charge in [0, 0.05) is 32.0 Å². The molecule has 0 unspecified atom stereocenters. The summed E-state index contributed by atoms with van der Waals surface area (Å²) in [5.74, 6) is -0.0581. The minimum atomic E-state index is -0.0581. The first-order valence-electron chi connectivity index (χ1n) is 5.61. The van der Waals surface area contributed by atoms with E-state index in [-0.39, 0.29) is 5.91 Å². The van der Waals surface area contributed by atoms with Gasteiger partial charge in [0.1, 0.15) is 5.69 Å². The summed E-state index contributed by atoms with van der Waals surface area (Å²) in [4.78, 5) is 17.3. The van der Waals surface area contributed by atoms with Gasteiger partial charge in [0.15, 0.2) is 0 Å². The van der Waals surface area contributed by atoms with Crippen molar-refractivity contribution < 1.29 is 4.79 Å². The number of amides is 1. The molecule has 2 rings (SSSR count). The lowest BCUT2D eigenvalue weighted by Gasteiger charge is -2.27. The summed E-state index contributed by atoms with van der Waals surface area (Å²) in [6.45, 7) is 0. The topological polar surface area (TPSA) is 45.2 Å². The van der Waals surface area contributed by atoms with E-state index in [1.807, 2.05) is 12.1 Å². The van der Waals surface area contributed by atoms with E-state index in [1.165, 1.54) is 24.2 Å². The molecule has 4 heteroatoms. The lowest BCUT2D eigenvalue weighted by atomic mass is 9.93. The molecule has 1 heterocycles. The number of hydrogen-bond acceptors (Lipinski definition) is 3. The fraction of sp³-hybridized carbons (Fsp3) is 0.500. The maximum Gasteiger partial charge on any atom is 0.272 e. The van der Waals surface area contributed by atoms with E-state index in [4.69, 9.17) is 0 Å². The van der Waals surface area contributed by atoms with Gasteiger partial charge < -0.3 is 10.2 Å². The summed E-state index contributed by atoms with van der Waals surface area (Å²) >= 11 is 0. The summed E-state index contributed by atoms with van der Waals surface area (Å²) in [6.07, 6.45) is 5.42. The number of anilines is 1. The molecule has 0 radical (unpaired) electrons. The number of hydrogen-bond donors (Lipinski definition) is 1. The molecule has 1 N–H and O–H groups in total. The summed E-state index contributed by atoms with van der Waals surface area (Å²) in [7, 11) is 3.46. The van der Waals surface area contributed by atoms with Crippen LogP contribution in [0.25, 0.3) is 0 Å². The standard InChI is InChI=1S/C12H17N3O/c1-15(2)12(16)11-8-10(6-7-13-11)14-9-4-3-5-9/h6-9H,3-5H2,1-2H3,(H,13,14). The van der Waals surface area contributed by atoms with Crippen LogP contribution in [-0.4, -0.2) is 35.9 Å². The highest BCUT2D eigenvalue weighted by molar-refractivity contribution is 5.92. The first-order chi connectivity index (χ1) is 7.66. The number of nitrogens with one attached hydrogen (secondary N) is 1. The van der Waals surface area contributed by atoms with E-state index >= 15 is 0 Å². The summed E-state index contributed by atoms with van der Waals surface area (Å²) in [5.41, 5.74) is 1.49. The third-order valence-electron chi connectivity index (χ3n) is 2.86.